The molecule has 0 amide bonds. The van der Waals surface area contributed by atoms with E-state index in [4.69, 9.17) is 0 Å². The van der Waals surface area contributed by atoms with Gasteiger partial charge >= 0.3 is 0 Å². The molecule has 0 fully saturated rings. The fourth-order valence-corrected chi connectivity index (χ4v) is 2.45. The van der Waals surface area contributed by atoms with E-state index in [1.165, 1.54) is 5.56 Å². The van der Waals surface area contributed by atoms with Gasteiger partial charge in [-0.15, -0.1) is 0 Å². The highest BCUT2D eigenvalue weighted by Crippen LogP contribution is 2.19. The molecule has 0 aliphatic carbocycles. The van der Waals surface area contributed by atoms with E-state index < -0.39 is 0 Å². The number of nitrogens with one attached hydrogen (secondary N) is 2. The lowest BCUT2D eigenvalue weighted by Gasteiger charge is -2.16. The average molecular weight is 319 g/mol. The van der Waals surface area contributed by atoms with Crippen molar-refractivity contribution in [1.82, 2.24) is 15.0 Å². The molecule has 24 heavy (non-hydrogen) atoms. The molecule has 1 unspecified atom stereocenters. The highest BCUT2D eigenvalue weighted by Gasteiger charge is 2.08. The Balaban J connectivity index is 1.69. The molecule has 5 heteroatoms. The lowest BCUT2D eigenvalue weighted by molar-refractivity contribution is 0.869. The second kappa shape index (κ2) is 7.55. The minimum atomic E-state index is 0.175. The number of benzene rings is 1. The minimum Gasteiger partial charge on any atom is -0.363 e. The first kappa shape index (κ1) is 15.9. The van der Waals surface area contributed by atoms with Crippen LogP contribution < -0.4 is 10.6 Å². The molecule has 5 nitrogen and oxygen atoms in total. The van der Waals surface area contributed by atoms with Gasteiger partial charge in [-0.1, -0.05) is 30.3 Å². The number of nitrogens with zero attached hydrogens (tertiary/aromatic N) is 3. The van der Waals surface area contributed by atoms with Crippen LogP contribution in [-0.4, -0.2) is 15.0 Å². The largest absolute Gasteiger partial charge is 0.363 e. The summed E-state index contributed by atoms with van der Waals surface area (Å²) in [5.74, 6) is 1.44. The van der Waals surface area contributed by atoms with Gasteiger partial charge in [-0.05, 0) is 37.1 Å². The SMILES string of the molecule is Cc1cc(NC(C)c2ccccc2)nc(NCc2ccncc2)n1. The summed E-state index contributed by atoms with van der Waals surface area (Å²) in [4.78, 5) is 13.0. The van der Waals surface area contributed by atoms with Crippen LogP contribution in [0.3, 0.4) is 0 Å². The molecule has 2 N–H and O–H groups in total. The number of rotatable bonds is 6. The lowest BCUT2D eigenvalue weighted by atomic mass is 10.1. The van der Waals surface area contributed by atoms with Crippen LogP contribution in [0, 0.1) is 6.92 Å². The third-order valence-electron chi connectivity index (χ3n) is 3.72. The predicted octanol–water partition coefficient (Wildman–Crippen LogP) is 3.97. The van der Waals surface area contributed by atoms with Gasteiger partial charge in [0.15, 0.2) is 0 Å². The second-order valence-corrected chi connectivity index (χ2v) is 5.70. The first-order valence-corrected chi connectivity index (χ1v) is 8.00. The summed E-state index contributed by atoms with van der Waals surface area (Å²) in [7, 11) is 0. The molecule has 0 saturated heterocycles. The van der Waals surface area contributed by atoms with Crippen molar-refractivity contribution in [1.29, 1.82) is 0 Å². The second-order valence-electron chi connectivity index (χ2n) is 5.70. The van der Waals surface area contributed by atoms with Crippen molar-refractivity contribution in [2.75, 3.05) is 10.6 Å². The smallest absolute Gasteiger partial charge is 0.225 e. The van der Waals surface area contributed by atoms with E-state index in [1.807, 2.05) is 43.3 Å². The fourth-order valence-electron chi connectivity index (χ4n) is 2.45. The van der Waals surface area contributed by atoms with Crippen LogP contribution in [0.5, 0.6) is 0 Å². The standard InChI is InChI=1S/C19H21N5/c1-14-12-18(23-15(2)17-6-4-3-5-7-17)24-19(22-14)21-13-16-8-10-20-11-9-16/h3-12,15H,13H2,1-2H3,(H2,21,22,23,24). The van der Waals surface area contributed by atoms with Crippen molar-refractivity contribution in [2.24, 2.45) is 0 Å². The maximum Gasteiger partial charge on any atom is 0.225 e. The first-order chi connectivity index (χ1) is 11.7. The van der Waals surface area contributed by atoms with Gasteiger partial charge in [0.1, 0.15) is 5.82 Å². The Morgan fingerprint density at radius 1 is 1.00 bits per heavy atom. The average Bonchev–Trinajstić information content (AvgIpc) is 2.61. The summed E-state index contributed by atoms with van der Waals surface area (Å²) >= 11 is 0. The van der Waals surface area contributed by atoms with Crippen molar-refractivity contribution in [2.45, 2.75) is 26.4 Å². The molecular formula is C19H21N5. The molecule has 122 valence electrons. The lowest BCUT2D eigenvalue weighted by Crippen LogP contribution is -2.11. The zero-order valence-electron chi connectivity index (χ0n) is 13.9. The number of aryl methyl sites for hydroxylation is 1. The van der Waals surface area contributed by atoms with Gasteiger partial charge in [0.05, 0.1) is 0 Å². The molecule has 0 aliphatic rings. The Labute approximate surface area is 142 Å². The Morgan fingerprint density at radius 3 is 2.50 bits per heavy atom. The zero-order valence-corrected chi connectivity index (χ0v) is 13.9. The number of hydrogen-bond donors (Lipinski definition) is 2. The van der Waals surface area contributed by atoms with E-state index in [0.29, 0.717) is 12.5 Å². The molecule has 3 rings (SSSR count). The maximum atomic E-state index is 4.57. The van der Waals surface area contributed by atoms with Gasteiger partial charge in [-0.2, -0.15) is 4.98 Å². The van der Waals surface area contributed by atoms with Crippen molar-refractivity contribution < 1.29 is 0 Å². The Morgan fingerprint density at radius 2 is 1.75 bits per heavy atom. The van der Waals surface area contributed by atoms with E-state index in [1.54, 1.807) is 12.4 Å². The summed E-state index contributed by atoms with van der Waals surface area (Å²) in [6, 6.07) is 16.4. The van der Waals surface area contributed by atoms with E-state index in [9.17, 15) is 0 Å². The Hall–Kier alpha value is -2.95. The van der Waals surface area contributed by atoms with Gasteiger partial charge in [-0.25, -0.2) is 4.98 Å². The van der Waals surface area contributed by atoms with Crippen LogP contribution in [-0.2, 0) is 6.54 Å². The van der Waals surface area contributed by atoms with Crippen LogP contribution >= 0.6 is 0 Å². The van der Waals surface area contributed by atoms with Crippen molar-refractivity contribution in [3.63, 3.8) is 0 Å². The highest BCUT2D eigenvalue weighted by molar-refractivity contribution is 5.44. The normalized spacial score (nSPS) is 11.8. The van der Waals surface area contributed by atoms with E-state index in [2.05, 4.69) is 44.6 Å². The third-order valence-corrected chi connectivity index (χ3v) is 3.72. The summed E-state index contributed by atoms with van der Waals surface area (Å²) in [6.07, 6.45) is 3.56. The minimum absolute atomic E-state index is 0.175. The summed E-state index contributed by atoms with van der Waals surface area (Å²) < 4.78 is 0. The van der Waals surface area contributed by atoms with Gasteiger partial charge < -0.3 is 10.6 Å². The first-order valence-electron chi connectivity index (χ1n) is 8.00. The number of hydrogen-bond acceptors (Lipinski definition) is 5. The maximum absolute atomic E-state index is 4.57. The van der Waals surface area contributed by atoms with Crippen LogP contribution in [0.15, 0.2) is 60.9 Å². The summed E-state index contributed by atoms with van der Waals surface area (Å²) in [5.41, 5.74) is 3.28. The molecule has 3 aromatic rings. The Kier molecular flexibility index (Phi) is 5.01. The fraction of sp³-hybridized carbons (Fsp3) is 0.211. The molecule has 1 atom stereocenters. The number of anilines is 2. The van der Waals surface area contributed by atoms with Crippen molar-refractivity contribution in [3.05, 3.63) is 77.7 Å². The summed E-state index contributed by atoms with van der Waals surface area (Å²) in [5, 5.41) is 6.70. The molecule has 1 aromatic carbocycles. The molecule has 2 aromatic heterocycles. The van der Waals surface area contributed by atoms with Gasteiger partial charge in [0.2, 0.25) is 5.95 Å². The van der Waals surface area contributed by atoms with E-state index in [-0.39, 0.29) is 6.04 Å². The third kappa shape index (κ3) is 4.29. The highest BCUT2D eigenvalue weighted by atomic mass is 15.1. The van der Waals surface area contributed by atoms with Crippen LogP contribution in [0.2, 0.25) is 0 Å². The molecular weight excluding hydrogens is 298 g/mol. The summed E-state index contributed by atoms with van der Waals surface area (Å²) in [6.45, 7) is 4.76. The van der Waals surface area contributed by atoms with Crippen LogP contribution in [0.1, 0.15) is 29.8 Å². The molecule has 0 saturated carbocycles. The number of pyridine rings is 1. The van der Waals surface area contributed by atoms with Crippen LogP contribution in [0.25, 0.3) is 0 Å². The molecule has 0 aliphatic heterocycles. The molecule has 2 heterocycles. The van der Waals surface area contributed by atoms with Gasteiger partial charge in [0.25, 0.3) is 0 Å². The Bertz CT molecular complexity index is 774. The molecule has 0 radical (unpaired) electrons. The quantitative estimate of drug-likeness (QED) is 0.720. The van der Waals surface area contributed by atoms with Gasteiger partial charge in [-0.3, -0.25) is 4.98 Å². The van der Waals surface area contributed by atoms with Crippen molar-refractivity contribution in [3.8, 4) is 0 Å². The monoisotopic (exact) mass is 319 g/mol. The van der Waals surface area contributed by atoms with Crippen molar-refractivity contribution >= 4 is 11.8 Å². The molecule has 0 spiro atoms. The topological polar surface area (TPSA) is 62.7 Å². The predicted molar refractivity (Wildman–Crippen MR) is 96.8 cm³/mol. The number of aromatic nitrogens is 3. The van der Waals surface area contributed by atoms with Gasteiger partial charge in [0, 0.05) is 36.7 Å². The molecule has 0 bridgehead atoms. The van der Waals surface area contributed by atoms with E-state index >= 15 is 0 Å². The van der Waals surface area contributed by atoms with Crippen LogP contribution in [0.4, 0.5) is 11.8 Å². The zero-order chi connectivity index (χ0) is 16.8. The van der Waals surface area contributed by atoms with E-state index in [0.717, 1.165) is 17.1 Å².